The second-order valence-corrected chi connectivity index (χ2v) is 9.06. The largest absolute Gasteiger partial charge is 0.403 e. The number of amides is 1. The maximum atomic E-state index is 12.6. The maximum Gasteiger partial charge on any atom is 0.322 e. The molecule has 0 saturated carbocycles. The number of carbonyl (C=O) groups excluding carboxylic acids is 1. The minimum atomic E-state index is -0.258. The molecular formula is C24H25N7O2S. The number of aryl methyl sites for hydroxylation is 1. The van der Waals surface area contributed by atoms with Crippen LogP contribution in [-0.4, -0.2) is 49.7 Å². The van der Waals surface area contributed by atoms with Crippen molar-refractivity contribution in [3.8, 4) is 17.1 Å². The predicted octanol–water partition coefficient (Wildman–Crippen LogP) is 4.35. The highest BCUT2D eigenvalue weighted by atomic mass is 32.2. The third kappa shape index (κ3) is 4.96. The molecule has 0 bridgehead atoms. The lowest BCUT2D eigenvalue weighted by Crippen LogP contribution is -2.31. The minimum absolute atomic E-state index is 0.0680. The number of rotatable bonds is 7. The topological polar surface area (TPSA) is 102 Å². The third-order valence-corrected chi connectivity index (χ3v) is 6.50. The summed E-state index contributed by atoms with van der Waals surface area (Å²) in [7, 11) is 0. The lowest BCUT2D eigenvalue weighted by atomic mass is 10.1. The fourth-order valence-electron chi connectivity index (χ4n) is 3.83. The van der Waals surface area contributed by atoms with Crippen molar-refractivity contribution in [3.05, 3.63) is 60.2 Å². The third-order valence-electron chi connectivity index (χ3n) is 5.57. The van der Waals surface area contributed by atoms with E-state index in [1.807, 2.05) is 34.9 Å². The molecule has 0 radical (unpaired) electrons. The van der Waals surface area contributed by atoms with Crippen LogP contribution >= 0.6 is 11.8 Å². The average Bonchev–Trinajstić information content (AvgIpc) is 3.52. The Hall–Kier alpha value is -3.66. The Kier molecular flexibility index (Phi) is 6.57. The van der Waals surface area contributed by atoms with Gasteiger partial charge in [0, 0.05) is 18.7 Å². The van der Waals surface area contributed by atoms with Crippen LogP contribution in [0.15, 0.2) is 64.2 Å². The second kappa shape index (κ2) is 10.1. The molecule has 1 N–H and O–H groups in total. The van der Waals surface area contributed by atoms with Gasteiger partial charge in [-0.1, -0.05) is 52.8 Å². The molecule has 1 fully saturated rings. The fraction of sp³-hybridized carbons (Fsp3) is 0.292. The number of nitrogens with one attached hydrogen (secondary N) is 1. The highest BCUT2D eigenvalue weighted by molar-refractivity contribution is 7.99. The van der Waals surface area contributed by atoms with E-state index >= 15 is 0 Å². The first kappa shape index (κ1) is 22.1. The molecule has 0 spiro atoms. The van der Waals surface area contributed by atoms with Crippen LogP contribution in [0.3, 0.4) is 0 Å². The summed E-state index contributed by atoms with van der Waals surface area (Å²) in [5.41, 5.74) is 2.95. The van der Waals surface area contributed by atoms with Crippen LogP contribution in [0.2, 0.25) is 0 Å². The quantitative estimate of drug-likeness (QED) is 0.394. The van der Waals surface area contributed by atoms with Gasteiger partial charge in [-0.15, -0.1) is 15.3 Å². The normalized spacial score (nSPS) is 13.7. The molecule has 0 unspecified atom stereocenters. The van der Waals surface area contributed by atoms with Crippen molar-refractivity contribution in [2.75, 3.05) is 29.1 Å². The molecule has 5 rings (SSSR count). The minimum Gasteiger partial charge on any atom is -0.403 e. The Balaban J connectivity index is 1.30. The zero-order valence-electron chi connectivity index (χ0n) is 18.8. The van der Waals surface area contributed by atoms with E-state index in [0.29, 0.717) is 11.0 Å². The summed E-state index contributed by atoms with van der Waals surface area (Å²) in [6.07, 6.45) is 3.51. The van der Waals surface area contributed by atoms with E-state index in [0.717, 1.165) is 43.1 Å². The maximum absolute atomic E-state index is 12.6. The Morgan fingerprint density at radius 3 is 2.50 bits per heavy atom. The standard InChI is InChI=1S/C24H25N7O2S/c1-17-10-12-19(13-11-17)31-23(30-14-6-3-7-15-30)28-29-24(31)34-16-20(32)25-22-27-26-21(33-22)18-8-4-2-5-9-18/h2,4-5,8-13H,3,6-7,14-16H2,1H3,(H,25,27,32). The molecule has 1 saturated heterocycles. The van der Waals surface area contributed by atoms with Crippen molar-refractivity contribution < 1.29 is 9.21 Å². The van der Waals surface area contributed by atoms with E-state index in [4.69, 9.17) is 4.42 Å². The van der Waals surface area contributed by atoms with Gasteiger partial charge in [0.2, 0.25) is 17.7 Å². The van der Waals surface area contributed by atoms with Gasteiger partial charge in [-0.05, 0) is 50.5 Å². The monoisotopic (exact) mass is 475 g/mol. The number of anilines is 2. The van der Waals surface area contributed by atoms with Gasteiger partial charge < -0.3 is 9.32 Å². The van der Waals surface area contributed by atoms with Gasteiger partial charge in [-0.3, -0.25) is 14.7 Å². The van der Waals surface area contributed by atoms with Crippen LogP contribution in [0.25, 0.3) is 17.1 Å². The lowest BCUT2D eigenvalue weighted by molar-refractivity contribution is -0.113. The smallest absolute Gasteiger partial charge is 0.322 e. The predicted molar refractivity (Wildman–Crippen MR) is 131 cm³/mol. The highest BCUT2D eigenvalue weighted by Crippen LogP contribution is 2.29. The molecule has 2 aromatic heterocycles. The number of aromatic nitrogens is 5. The molecule has 1 amide bonds. The van der Waals surface area contributed by atoms with Crippen LogP contribution in [0.1, 0.15) is 24.8 Å². The first-order chi connectivity index (χ1) is 16.7. The van der Waals surface area contributed by atoms with E-state index in [-0.39, 0.29) is 17.7 Å². The second-order valence-electron chi connectivity index (χ2n) is 8.12. The van der Waals surface area contributed by atoms with Crippen LogP contribution in [0, 0.1) is 6.92 Å². The molecule has 4 aromatic rings. The Bertz CT molecular complexity index is 1250. The summed E-state index contributed by atoms with van der Waals surface area (Å²) in [5, 5.41) is 20.2. The van der Waals surface area contributed by atoms with Crippen LogP contribution in [0.4, 0.5) is 12.0 Å². The Labute approximate surface area is 201 Å². The van der Waals surface area contributed by atoms with Gasteiger partial charge >= 0.3 is 6.01 Å². The number of hydrogen-bond donors (Lipinski definition) is 1. The molecular weight excluding hydrogens is 450 g/mol. The number of thioether (sulfide) groups is 1. The van der Waals surface area contributed by atoms with Crippen molar-refractivity contribution in [2.24, 2.45) is 0 Å². The molecule has 174 valence electrons. The Morgan fingerprint density at radius 2 is 1.74 bits per heavy atom. The summed E-state index contributed by atoms with van der Waals surface area (Å²) in [5.74, 6) is 1.04. The number of piperidine rings is 1. The number of nitrogens with zero attached hydrogens (tertiary/aromatic N) is 6. The van der Waals surface area contributed by atoms with E-state index < -0.39 is 0 Å². The van der Waals surface area contributed by atoms with E-state index in [9.17, 15) is 4.79 Å². The number of benzene rings is 2. The number of hydrogen-bond acceptors (Lipinski definition) is 8. The van der Waals surface area contributed by atoms with Crippen LogP contribution in [0.5, 0.6) is 0 Å². The molecule has 3 heterocycles. The van der Waals surface area contributed by atoms with Crippen LogP contribution < -0.4 is 10.2 Å². The van der Waals surface area contributed by atoms with E-state index in [1.54, 1.807) is 0 Å². The zero-order valence-corrected chi connectivity index (χ0v) is 19.7. The number of carbonyl (C=O) groups is 1. The summed E-state index contributed by atoms with van der Waals surface area (Å²) in [4.78, 5) is 14.9. The summed E-state index contributed by atoms with van der Waals surface area (Å²) >= 11 is 1.32. The summed E-state index contributed by atoms with van der Waals surface area (Å²) in [6, 6.07) is 17.7. The molecule has 9 nitrogen and oxygen atoms in total. The highest BCUT2D eigenvalue weighted by Gasteiger charge is 2.22. The van der Waals surface area contributed by atoms with Crippen molar-refractivity contribution in [1.29, 1.82) is 0 Å². The lowest BCUT2D eigenvalue weighted by Gasteiger charge is -2.27. The molecule has 34 heavy (non-hydrogen) atoms. The molecule has 2 aromatic carbocycles. The van der Waals surface area contributed by atoms with Crippen molar-refractivity contribution >= 4 is 29.6 Å². The summed E-state index contributed by atoms with van der Waals surface area (Å²) < 4.78 is 7.61. The SMILES string of the molecule is Cc1ccc(-n2c(SCC(=O)Nc3nnc(-c4ccccc4)o3)nnc2N2CCCCC2)cc1. The molecule has 10 heteroatoms. The molecule has 0 atom stereocenters. The van der Waals surface area contributed by atoms with Crippen molar-refractivity contribution in [3.63, 3.8) is 0 Å². The molecule has 1 aliphatic rings. The van der Waals surface area contributed by atoms with Gasteiger partial charge in [0.25, 0.3) is 0 Å². The van der Waals surface area contributed by atoms with Gasteiger partial charge in [-0.2, -0.15) is 0 Å². The first-order valence-electron chi connectivity index (χ1n) is 11.3. The van der Waals surface area contributed by atoms with E-state index in [2.05, 4.69) is 61.8 Å². The average molecular weight is 476 g/mol. The van der Waals surface area contributed by atoms with Crippen molar-refractivity contribution in [2.45, 2.75) is 31.3 Å². The van der Waals surface area contributed by atoms with Crippen molar-refractivity contribution in [1.82, 2.24) is 25.0 Å². The van der Waals surface area contributed by atoms with Gasteiger partial charge in [0.1, 0.15) is 0 Å². The van der Waals surface area contributed by atoms with Gasteiger partial charge in [-0.25, -0.2) is 0 Å². The van der Waals surface area contributed by atoms with Crippen LogP contribution in [-0.2, 0) is 4.79 Å². The Morgan fingerprint density at radius 1 is 0.971 bits per heavy atom. The first-order valence-corrected chi connectivity index (χ1v) is 12.2. The van der Waals surface area contributed by atoms with Gasteiger partial charge in [0.15, 0.2) is 5.16 Å². The summed E-state index contributed by atoms with van der Waals surface area (Å²) in [6.45, 7) is 3.97. The van der Waals surface area contributed by atoms with Gasteiger partial charge in [0.05, 0.1) is 11.4 Å². The fourth-order valence-corrected chi connectivity index (χ4v) is 4.58. The zero-order chi connectivity index (χ0) is 23.3. The molecule has 0 aliphatic carbocycles. The molecule has 1 aliphatic heterocycles. The van der Waals surface area contributed by atoms with E-state index in [1.165, 1.54) is 23.7 Å².